The molecule has 0 spiro atoms. The molecule has 1 aliphatic rings. The summed E-state index contributed by atoms with van der Waals surface area (Å²) in [5.74, 6) is 0. The van der Waals surface area contributed by atoms with Crippen molar-refractivity contribution in [2.75, 3.05) is 6.61 Å². The molecule has 1 saturated heterocycles. The molecule has 0 aromatic carbocycles. The van der Waals surface area contributed by atoms with E-state index in [0.717, 1.165) is 0 Å². The summed E-state index contributed by atoms with van der Waals surface area (Å²) >= 11 is 0. The largest absolute Gasteiger partial charge is 0.394 e. The number of hydrogen-bond donors (Lipinski definition) is 4. The predicted molar refractivity (Wildman–Crippen MR) is 34.9 cm³/mol. The fourth-order valence-corrected chi connectivity index (χ4v) is 1.09. The lowest BCUT2D eigenvalue weighted by Gasteiger charge is -2.39. The van der Waals surface area contributed by atoms with Gasteiger partial charge in [0.25, 0.3) is 0 Å². The molecule has 4 N–H and O–H groups in total. The van der Waals surface area contributed by atoms with Gasteiger partial charge in [-0.05, 0) is 0 Å². The second-order valence-corrected chi connectivity index (χ2v) is 2.83. The van der Waals surface area contributed by atoms with Gasteiger partial charge >= 0.3 is 6.11 Å². The van der Waals surface area contributed by atoms with Gasteiger partial charge in [-0.25, -0.2) is 0 Å². The van der Waals surface area contributed by atoms with E-state index >= 15 is 0 Å². The Kier molecular flexibility index (Phi) is 2.83. The van der Waals surface area contributed by atoms with Crippen molar-refractivity contribution in [3.63, 3.8) is 0 Å². The van der Waals surface area contributed by atoms with Gasteiger partial charge in [-0.2, -0.15) is 8.78 Å². The third kappa shape index (κ3) is 1.79. The van der Waals surface area contributed by atoms with E-state index in [2.05, 4.69) is 4.74 Å². The standard InChI is InChI=1S/C6H10F2O5/c7-6(8)5(12)4(11)3(10)2(1-9)13-6/h2-5,9-12H,1H2/t2-,3+,4+,5-/m1/s1. The molecule has 0 amide bonds. The number of aliphatic hydroxyl groups is 4. The second kappa shape index (κ2) is 3.43. The maximum Gasteiger partial charge on any atom is 0.384 e. The Morgan fingerprint density at radius 2 is 1.69 bits per heavy atom. The first kappa shape index (κ1) is 10.7. The van der Waals surface area contributed by atoms with Gasteiger partial charge < -0.3 is 25.2 Å². The molecule has 4 atom stereocenters. The first-order valence-corrected chi connectivity index (χ1v) is 3.61. The maximum absolute atomic E-state index is 12.6. The summed E-state index contributed by atoms with van der Waals surface area (Å²) in [5.41, 5.74) is 0. The Labute approximate surface area is 72.2 Å². The van der Waals surface area contributed by atoms with Crippen LogP contribution in [0.1, 0.15) is 0 Å². The minimum Gasteiger partial charge on any atom is -0.394 e. The van der Waals surface area contributed by atoms with Gasteiger partial charge in [-0.15, -0.1) is 0 Å². The van der Waals surface area contributed by atoms with Crippen molar-refractivity contribution in [1.82, 2.24) is 0 Å². The van der Waals surface area contributed by atoms with Crippen molar-refractivity contribution in [2.45, 2.75) is 30.5 Å². The molecule has 13 heavy (non-hydrogen) atoms. The van der Waals surface area contributed by atoms with E-state index in [1.54, 1.807) is 0 Å². The van der Waals surface area contributed by atoms with Crippen LogP contribution >= 0.6 is 0 Å². The van der Waals surface area contributed by atoms with Crippen LogP contribution in [0.5, 0.6) is 0 Å². The molecule has 0 aliphatic carbocycles. The molecule has 0 unspecified atom stereocenters. The van der Waals surface area contributed by atoms with Gasteiger partial charge in [0.15, 0.2) is 6.10 Å². The number of alkyl halides is 2. The molecule has 0 aromatic rings. The van der Waals surface area contributed by atoms with E-state index in [9.17, 15) is 8.78 Å². The number of halogens is 2. The van der Waals surface area contributed by atoms with E-state index in [1.807, 2.05) is 0 Å². The van der Waals surface area contributed by atoms with Crippen LogP contribution in [0, 0.1) is 0 Å². The van der Waals surface area contributed by atoms with Crippen molar-refractivity contribution in [3.8, 4) is 0 Å². The molecule has 0 radical (unpaired) electrons. The maximum atomic E-state index is 12.6. The Hall–Kier alpha value is -0.340. The highest BCUT2D eigenvalue weighted by Gasteiger charge is 2.55. The van der Waals surface area contributed by atoms with Crippen LogP contribution in [-0.4, -0.2) is 57.6 Å². The van der Waals surface area contributed by atoms with Crippen molar-refractivity contribution >= 4 is 0 Å². The number of rotatable bonds is 1. The molecule has 7 heteroatoms. The Morgan fingerprint density at radius 3 is 2.15 bits per heavy atom. The predicted octanol–water partition coefficient (Wildman–Crippen LogP) is -1.95. The molecule has 1 rings (SSSR count). The highest BCUT2D eigenvalue weighted by Crippen LogP contribution is 2.32. The molecule has 1 fully saturated rings. The molecule has 78 valence electrons. The summed E-state index contributed by atoms with van der Waals surface area (Å²) in [4.78, 5) is 0. The average Bonchev–Trinajstić information content (AvgIpc) is 2.08. The fraction of sp³-hybridized carbons (Fsp3) is 1.00. The monoisotopic (exact) mass is 200 g/mol. The smallest absolute Gasteiger partial charge is 0.384 e. The first-order valence-electron chi connectivity index (χ1n) is 3.61. The molecular weight excluding hydrogens is 190 g/mol. The Balaban J connectivity index is 2.79. The normalized spacial score (nSPS) is 44.8. The fourth-order valence-electron chi connectivity index (χ4n) is 1.09. The number of hydrogen-bond acceptors (Lipinski definition) is 5. The highest BCUT2D eigenvalue weighted by molar-refractivity contribution is 4.91. The molecular formula is C6H10F2O5. The molecule has 0 saturated carbocycles. The zero-order valence-electron chi connectivity index (χ0n) is 6.47. The second-order valence-electron chi connectivity index (χ2n) is 2.83. The number of ether oxygens (including phenoxy) is 1. The van der Waals surface area contributed by atoms with Crippen LogP contribution in [0.3, 0.4) is 0 Å². The van der Waals surface area contributed by atoms with Crippen LogP contribution in [0.4, 0.5) is 8.78 Å². The van der Waals surface area contributed by atoms with E-state index < -0.39 is 37.1 Å². The van der Waals surface area contributed by atoms with Gasteiger partial charge in [0.2, 0.25) is 0 Å². The quantitative estimate of drug-likeness (QED) is 0.395. The lowest BCUT2D eigenvalue weighted by molar-refractivity contribution is -0.372. The number of aliphatic hydroxyl groups excluding tert-OH is 4. The van der Waals surface area contributed by atoms with Gasteiger partial charge in [-0.3, -0.25) is 0 Å². The summed E-state index contributed by atoms with van der Waals surface area (Å²) in [6.45, 7) is -0.861. The van der Waals surface area contributed by atoms with Gasteiger partial charge in [0.05, 0.1) is 6.61 Å². The van der Waals surface area contributed by atoms with Crippen LogP contribution in [0.25, 0.3) is 0 Å². The topological polar surface area (TPSA) is 90.2 Å². The highest BCUT2D eigenvalue weighted by atomic mass is 19.3. The summed E-state index contributed by atoms with van der Waals surface area (Å²) in [7, 11) is 0. The molecule has 0 aromatic heterocycles. The zero-order valence-corrected chi connectivity index (χ0v) is 6.47. The van der Waals surface area contributed by atoms with Crippen LogP contribution in [-0.2, 0) is 4.74 Å². The minimum atomic E-state index is -3.95. The molecule has 5 nitrogen and oxygen atoms in total. The van der Waals surface area contributed by atoms with E-state index in [4.69, 9.17) is 20.4 Å². The van der Waals surface area contributed by atoms with Crippen LogP contribution < -0.4 is 0 Å². The molecule has 1 heterocycles. The Bertz CT molecular complexity index is 186. The third-order valence-corrected chi connectivity index (χ3v) is 1.89. The van der Waals surface area contributed by atoms with Crippen LogP contribution in [0.2, 0.25) is 0 Å². The minimum absolute atomic E-state index is 0.861. The summed E-state index contributed by atoms with van der Waals surface area (Å²) in [6, 6.07) is 0. The third-order valence-electron chi connectivity index (χ3n) is 1.89. The SMILES string of the molecule is OC[C@H]1OC(F)(F)[C@H](O)[C@@H](O)[C@H]1O. The van der Waals surface area contributed by atoms with Crippen molar-refractivity contribution in [1.29, 1.82) is 0 Å². The van der Waals surface area contributed by atoms with Crippen LogP contribution in [0.15, 0.2) is 0 Å². The van der Waals surface area contributed by atoms with Crippen molar-refractivity contribution in [2.24, 2.45) is 0 Å². The first-order chi connectivity index (χ1) is 5.90. The summed E-state index contributed by atoms with van der Waals surface area (Å²) in [6.07, 6.45) is -11.8. The Morgan fingerprint density at radius 1 is 1.15 bits per heavy atom. The summed E-state index contributed by atoms with van der Waals surface area (Å²) in [5, 5.41) is 35.1. The van der Waals surface area contributed by atoms with E-state index in [0.29, 0.717) is 0 Å². The van der Waals surface area contributed by atoms with Gasteiger partial charge in [0, 0.05) is 0 Å². The molecule has 0 bridgehead atoms. The lowest BCUT2D eigenvalue weighted by Crippen LogP contribution is -2.61. The van der Waals surface area contributed by atoms with E-state index in [-0.39, 0.29) is 0 Å². The van der Waals surface area contributed by atoms with Gasteiger partial charge in [-0.1, -0.05) is 0 Å². The van der Waals surface area contributed by atoms with Gasteiger partial charge in [0.1, 0.15) is 18.3 Å². The van der Waals surface area contributed by atoms with Crippen molar-refractivity contribution in [3.05, 3.63) is 0 Å². The van der Waals surface area contributed by atoms with Crippen molar-refractivity contribution < 1.29 is 33.9 Å². The summed E-state index contributed by atoms with van der Waals surface area (Å²) < 4.78 is 29.1. The van der Waals surface area contributed by atoms with E-state index in [1.165, 1.54) is 0 Å². The lowest BCUT2D eigenvalue weighted by atomic mass is 9.99. The average molecular weight is 200 g/mol. The molecule has 1 aliphatic heterocycles. The zero-order chi connectivity index (χ0) is 10.2.